The number of benzene rings is 1. The van der Waals surface area contributed by atoms with Crippen LogP contribution >= 0.6 is 0 Å². The molecule has 0 spiro atoms. The van der Waals surface area contributed by atoms with E-state index >= 15 is 0 Å². The second-order valence-corrected chi connectivity index (χ2v) is 3.51. The van der Waals surface area contributed by atoms with Gasteiger partial charge in [-0.05, 0) is 6.07 Å². The third-order valence-corrected chi connectivity index (χ3v) is 2.29. The normalized spacial score (nSPS) is 14.0. The molecule has 0 saturated carbocycles. The molecule has 0 radical (unpaired) electrons. The number of hydrogen-bond donors (Lipinski definition) is 4. The molecule has 2 unspecified atom stereocenters. The van der Waals surface area contributed by atoms with Crippen LogP contribution in [0.3, 0.4) is 0 Å². The lowest BCUT2D eigenvalue weighted by Crippen LogP contribution is -2.22. The van der Waals surface area contributed by atoms with Gasteiger partial charge in [0.2, 0.25) is 0 Å². The van der Waals surface area contributed by atoms with Gasteiger partial charge in [0.25, 0.3) is 0 Å². The highest BCUT2D eigenvalue weighted by Gasteiger charge is 2.24. The van der Waals surface area contributed by atoms with Crippen molar-refractivity contribution in [2.24, 2.45) is 0 Å². The highest BCUT2D eigenvalue weighted by molar-refractivity contribution is 5.80. The van der Waals surface area contributed by atoms with Gasteiger partial charge < -0.3 is 20.4 Å². The van der Waals surface area contributed by atoms with Crippen molar-refractivity contribution in [1.82, 2.24) is 0 Å². The van der Waals surface area contributed by atoms with E-state index in [1.807, 2.05) is 0 Å². The molecule has 1 rings (SSSR count). The number of carboxylic acid groups (broad SMARTS) is 1. The zero-order chi connectivity index (χ0) is 13.0. The minimum Gasteiger partial charge on any atom is -0.507 e. The zero-order valence-electron chi connectivity index (χ0n) is 8.78. The number of para-hydroxylation sites is 1. The van der Waals surface area contributed by atoms with Crippen LogP contribution in [0.15, 0.2) is 18.2 Å². The Morgan fingerprint density at radius 1 is 1.35 bits per heavy atom. The van der Waals surface area contributed by atoms with E-state index in [1.165, 1.54) is 18.2 Å². The maximum atomic E-state index is 10.6. The lowest BCUT2D eigenvalue weighted by atomic mass is 9.99. The van der Waals surface area contributed by atoms with Crippen molar-refractivity contribution in [1.29, 1.82) is 0 Å². The second-order valence-electron chi connectivity index (χ2n) is 3.51. The number of aliphatic hydroxyl groups excluding tert-OH is 2. The third kappa shape index (κ3) is 3.02. The molecule has 6 nitrogen and oxygen atoms in total. The first-order valence-corrected chi connectivity index (χ1v) is 4.82. The lowest BCUT2D eigenvalue weighted by Gasteiger charge is -2.18. The minimum atomic E-state index is -1.56. The van der Waals surface area contributed by atoms with Gasteiger partial charge in [0.05, 0.1) is 18.1 Å². The number of aliphatic hydroxyl groups is 2. The first-order chi connectivity index (χ1) is 7.97. The molecule has 1 aromatic rings. The van der Waals surface area contributed by atoms with Gasteiger partial charge >= 0.3 is 5.97 Å². The summed E-state index contributed by atoms with van der Waals surface area (Å²) in [6, 6.07) is 4.05. The summed E-state index contributed by atoms with van der Waals surface area (Å²) in [4.78, 5) is 20.9. The number of phenolic OH excluding ortho intramolecular Hbond substituents is 1. The Hall–Kier alpha value is -1.92. The average molecular weight is 240 g/mol. The Labute approximate surface area is 96.8 Å². The molecule has 2 atom stereocenters. The highest BCUT2D eigenvalue weighted by atomic mass is 16.4. The van der Waals surface area contributed by atoms with E-state index in [1.54, 1.807) is 0 Å². The SMILES string of the molecule is O=Cc1cccc(C(O)C(O)CC(=O)O)c1O. The number of carboxylic acids is 1. The molecule has 0 aliphatic heterocycles. The van der Waals surface area contributed by atoms with Gasteiger partial charge in [-0.15, -0.1) is 0 Å². The highest BCUT2D eigenvalue weighted by Crippen LogP contribution is 2.29. The number of aliphatic carboxylic acids is 1. The van der Waals surface area contributed by atoms with Gasteiger partial charge in [0, 0.05) is 5.56 Å². The van der Waals surface area contributed by atoms with Crippen LogP contribution in [0.1, 0.15) is 28.4 Å². The summed E-state index contributed by atoms with van der Waals surface area (Å²) < 4.78 is 0. The molecule has 4 N–H and O–H groups in total. The monoisotopic (exact) mass is 240 g/mol. The van der Waals surface area contributed by atoms with Crippen LogP contribution in [0.25, 0.3) is 0 Å². The van der Waals surface area contributed by atoms with Gasteiger partial charge in [0.1, 0.15) is 11.9 Å². The summed E-state index contributed by atoms with van der Waals surface area (Å²) in [7, 11) is 0. The van der Waals surface area contributed by atoms with Gasteiger partial charge in [-0.2, -0.15) is 0 Å². The Morgan fingerprint density at radius 3 is 2.53 bits per heavy atom. The molecule has 0 aliphatic rings. The fourth-order valence-corrected chi connectivity index (χ4v) is 1.41. The van der Waals surface area contributed by atoms with E-state index in [9.17, 15) is 24.9 Å². The summed E-state index contributed by atoms with van der Waals surface area (Å²) in [6.07, 6.45) is -3.38. The smallest absolute Gasteiger partial charge is 0.306 e. The molecule has 0 amide bonds. The predicted molar refractivity (Wildman–Crippen MR) is 56.7 cm³/mol. The summed E-state index contributed by atoms with van der Waals surface area (Å²) in [5.41, 5.74) is -0.118. The van der Waals surface area contributed by atoms with Gasteiger partial charge in [0.15, 0.2) is 6.29 Å². The van der Waals surface area contributed by atoms with Crippen LogP contribution in [0.5, 0.6) is 5.75 Å². The Bertz CT molecular complexity index is 428. The third-order valence-electron chi connectivity index (χ3n) is 2.29. The summed E-state index contributed by atoms with van der Waals surface area (Å²) in [5, 5.41) is 37.1. The van der Waals surface area contributed by atoms with Crippen molar-refractivity contribution in [2.45, 2.75) is 18.6 Å². The van der Waals surface area contributed by atoms with Crippen LogP contribution < -0.4 is 0 Å². The first kappa shape index (κ1) is 13.1. The van der Waals surface area contributed by atoms with E-state index in [0.29, 0.717) is 6.29 Å². The van der Waals surface area contributed by atoms with Crippen molar-refractivity contribution in [2.75, 3.05) is 0 Å². The van der Waals surface area contributed by atoms with E-state index in [2.05, 4.69) is 0 Å². The number of rotatable bonds is 5. The van der Waals surface area contributed by atoms with Crippen LogP contribution in [0, 0.1) is 0 Å². The van der Waals surface area contributed by atoms with Crippen molar-refractivity contribution in [3.63, 3.8) is 0 Å². The van der Waals surface area contributed by atoms with Crippen molar-refractivity contribution < 1.29 is 30.0 Å². The van der Waals surface area contributed by atoms with E-state index in [4.69, 9.17) is 5.11 Å². The maximum Gasteiger partial charge on any atom is 0.306 e. The molecule has 0 bridgehead atoms. The maximum absolute atomic E-state index is 10.6. The number of carbonyl (C=O) groups excluding carboxylic acids is 1. The molecule has 0 aromatic heterocycles. The molecule has 0 saturated heterocycles. The molecule has 0 aliphatic carbocycles. The van der Waals surface area contributed by atoms with Crippen molar-refractivity contribution >= 4 is 12.3 Å². The predicted octanol–water partition coefficient (Wildman–Crippen LogP) is 0.0737. The summed E-state index contributed by atoms with van der Waals surface area (Å²) in [6.45, 7) is 0. The molecule has 0 heterocycles. The van der Waals surface area contributed by atoms with Gasteiger partial charge in [-0.3, -0.25) is 9.59 Å². The number of carbonyl (C=O) groups is 2. The quantitative estimate of drug-likeness (QED) is 0.541. The number of aldehydes is 1. The Morgan fingerprint density at radius 2 is 2.00 bits per heavy atom. The molecule has 0 fully saturated rings. The van der Waals surface area contributed by atoms with Crippen molar-refractivity contribution in [3.8, 4) is 5.75 Å². The first-order valence-electron chi connectivity index (χ1n) is 4.82. The van der Waals surface area contributed by atoms with Crippen LogP contribution in [0.2, 0.25) is 0 Å². The Kier molecular flexibility index (Phi) is 4.19. The number of hydrogen-bond acceptors (Lipinski definition) is 5. The average Bonchev–Trinajstić information content (AvgIpc) is 2.27. The Balaban J connectivity index is 2.99. The fraction of sp³-hybridized carbons (Fsp3) is 0.273. The molecule has 6 heteroatoms. The lowest BCUT2D eigenvalue weighted by molar-refractivity contribution is -0.141. The fourth-order valence-electron chi connectivity index (χ4n) is 1.41. The van der Waals surface area contributed by atoms with Crippen LogP contribution in [-0.2, 0) is 4.79 Å². The van der Waals surface area contributed by atoms with E-state index < -0.39 is 30.3 Å². The molecular weight excluding hydrogens is 228 g/mol. The molecule has 17 heavy (non-hydrogen) atoms. The topological polar surface area (TPSA) is 115 Å². The van der Waals surface area contributed by atoms with Gasteiger partial charge in [-0.25, -0.2) is 0 Å². The summed E-state index contributed by atoms with van der Waals surface area (Å²) in [5.74, 6) is -1.73. The number of phenols is 1. The van der Waals surface area contributed by atoms with E-state index in [0.717, 1.165) is 0 Å². The van der Waals surface area contributed by atoms with Crippen LogP contribution in [-0.4, -0.2) is 38.8 Å². The van der Waals surface area contributed by atoms with Gasteiger partial charge in [-0.1, -0.05) is 12.1 Å². The summed E-state index contributed by atoms with van der Waals surface area (Å²) >= 11 is 0. The largest absolute Gasteiger partial charge is 0.507 e. The minimum absolute atomic E-state index is 0.0379. The van der Waals surface area contributed by atoms with E-state index in [-0.39, 0.29) is 11.1 Å². The second kappa shape index (κ2) is 5.42. The van der Waals surface area contributed by atoms with Crippen molar-refractivity contribution in [3.05, 3.63) is 29.3 Å². The standard InChI is InChI=1S/C11H12O6/c12-5-6-2-1-3-7(10(6)16)11(17)8(13)4-9(14)15/h1-3,5,8,11,13,16-17H,4H2,(H,14,15). The molecule has 92 valence electrons. The molecular formula is C11H12O6. The zero-order valence-corrected chi connectivity index (χ0v) is 8.78. The van der Waals surface area contributed by atoms with Crippen LogP contribution in [0.4, 0.5) is 0 Å². The molecule has 1 aromatic carbocycles. The number of aromatic hydroxyl groups is 1.